The van der Waals surface area contributed by atoms with E-state index in [1.165, 1.54) is 6.07 Å². The van der Waals surface area contributed by atoms with Crippen molar-refractivity contribution in [3.05, 3.63) is 18.1 Å². The van der Waals surface area contributed by atoms with Crippen molar-refractivity contribution < 1.29 is 12.8 Å². The first kappa shape index (κ1) is 16.6. The molecule has 0 unspecified atom stereocenters. The van der Waals surface area contributed by atoms with Gasteiger partial charge in [-0.2, -0.15) is 4.39 Å². The van der Waals surface area contributed by atoms with Gasteiger partial charge in [-0.3, -0.25) is 0 Å². The van der Waals surface area contributed by atoms with Crippen LogP contribution in [0.5, 0.6) is 0 Å². The van der Waals surface area contributed by atoms with E-state index in [2.05, 4.69) is 28.9 Å². The summed E-state index contributed by atoms with van der Waals surface area (Å²) in [6, 6.07) is 3.43. The minimum atomic E-state index is -3.83. The number of nitrogens with zero attached hydrogens (tertiary/aromatic N) is 2. The lowest BCUT2D eigenvalue weighted by atomic mass is 10.1. The van der Waals surface area contributed by atoms with Gasteiger partial charge in [0.15, 0.2) is 0 Å². The van der Waals surface area contributed by atoms with Crippen LogP contribution in [-0.2, 0) is 10.0 Å². The molecule has 1 aliphatic heterocycles. The van der Waals surface area contributed by atoms with E-state index in [9.17, 15) is 12.8 Å². The van der Waals surface area contributed by atoms with E-state index in [1.807, 2.05) is 4.90 Å². The minimum absolute atomic E-state index is 0.271. The Morgan fingerprint density at radius 3 is 2.52 bits per heavy atom. The van der Waals surface area contributed by atoms with E-state index in [0.29, 0.717) is 31.4 Å². The van der Waals surface area contributed by atoms with Crippen molar-refractivity contribution in [1.82, 2.24) is 15.0 Å². The minimum Gasteiger partial charge on any atom is -0.353 e. The largest absolute Gasteiger partial charge is 0.353 e. The highest BCUT2D eigenvalue weighted by atomic mass is 32.2. The molecule has 23 heavy (non-hydrogen) atoms. The monoisotopic (exact) mass is 342 g/mol. The fourth-order valence-electron chi connectivity index (χ4n) is 2.93. The van der Waals surface area contributed by atoms with Gasteiger partial charge in [-0.15, -0.1) is 0 Å². The van der Waals surface area contributed by atoms with Crippen LogP contribution in [0, 0.1) is 11.9 Å². The molecule has 1 saturated heterocycles. The molecule has 2 N–H and O–H groups in total. The number of anilines is 1. The maximum absolute atomic E-state index is 14.3. The van der Waals surface area contributed by atoms with E-state index >= 15 is 0 Å². The van der Waals surface area contributed by atoms with Crippen molar-refractivity contribution in [3.63, 3.8) is 0 Å². The van der Waals surface area contributed by atoms with Gasteiger partial charge in [0.2, 0.25) is 16.0 Å². The Bertz CT molecular complexity index is 668. The lowest BCUT2D eigenvalue weighted by Gasteiger charge is -2.36. The number of piperazine rings is 1. The van der Waals surface area contributed by atoms with Crippen LogP contribution in [0.3, 0.4) is 0 Å². The summed E-state index contributed by atoms with van der Waals surface area (Å²) in [4.78, 5) is 5.49. The number of nitrogens with one attached hydrogen (secondary N) is 2. The average molecular weight is 342 g/mol. The predicted molar refractivity (Wildman–Crippen MR) is 86.4 cm³/mol. The zero-order valence-corrected chi connectivity index (χ0v) is 14.2. The van der Waals surface area contributed by atoms with Crippen LogP contribution < -0.4 is 14.9 Å². The van der Waals surface area contributed by atoms with Gasteiger partial charge in [-0.25, -0.2) is 18.1 Å². The summed E-state index contributed by atoms with van der Waals surface area (Å²) < 4.78 is 41.0. The Kier molecular flexibility index (Phi) is 4.57. The SMILES string of the molecule is C[C@@H]1CN(c2ccc(S(=O)(=O)NCC3CC3)c(F)n2)C[C@H](C)N1. The fraction of sp³-hybridized carbons (Fsp3) is 0.667. The molecule has 0 bridgehead atoms. The van der Waals surface area contributed by atoms with Gasteiger partial charge in [0.25, 0.3) is 0 Å². The number of rotatable bonds is 5. The van der Waals surface area contributed by atoms with Crippen LogP contribution >= 0.6 is 0 Å². The molecule has 1 aromatic rings. The highest BCUT2D eigenvalue weighted by Crippen LogP contribution is 2.28. The van der Waals surface area contributed by atoms with Gasteiger partial charge in [0.1, 0.15) is 10.7 Å². The van der Waals surface area contributed by atoms with Crippen molar-refractivity contribution >= 4 is 15.8 Å². The molecule has 0 aromatic carbocycles. The molecule has 1 aliphatic carbocycles. The van der Waals surface area contributed by atoms with Crippen molar-refractivity contribution in [2.24, 2.45) is 5.92 Å². The molecule has 6 nitrogen and oxygen atoms in total. The first-order chi connectivity index (χ1) is 10.8. The number of pyridine rings is 1. The van der Waals surface area contributed by atoms with Crippen molar-refractivity contribution in [3.8, 4) is 0 Å². The Labute approximate surface area is 136 Å². The first-order valence-corrected chi connectivity index (χ1v) is 9.50. The Hall–Kier alpha value is -1.25. The van der Waals surface area contributed by atoms with E-state index in [4.69, 9.17) is 0 Å². The van der Waals surface area contributed by atoms with Gasteiger partial charge in [0, 0.05) is 31.7 Å². The molecule has 0 amide bonds. The molecule has 1 saturated carbocycles. The summed E-state index contributed by atoms with van der Waals surface area (Å²) in [5, 5.41) is 3.39. The van der Waals surface area contributed by atoms with Crippen LogP contribution in [0.2, 0.25) is 0 Å². The normalized spacial score (nSPS) is 25.6. The second-order valence-electron chi connectivity index (χ2n) is 6.63. The molecule has 8 heteroatoms. The van der Waals surface area contributed by atoms with Crippen molar-refractivity contribution in [1.29, 1.82) is 0 Å². The molecule has 0 spiro atoms. The van der Waals surface area contributed by atoms with Gasteiger partial charge in [-0.1, -0.05) is 0 Å². The highest BCUT2D eigenvalue weighted by molar-refractivity contribution is 7.89. The third-order valence-corrected chi connectivity index (χ3v) is 5.66. The number of aromatic nitrogens is 1. The number of hydrogen-bond acceptors (Lipinski definition) is 5. The average Bonchev–Trinajstić information content (AvgIpc) is 3.28. The quantitative estimate of drug-likeness (QED) is 0.784. The zero-order chi connectivity index (χ0) is 16.6. The highest BCUT2D eigenvalue weighted by Gasteiger charge is 2.28. The molecule has 0 radical (unpaired) electrons. The summed E-state index contributed by atoms with van der Waals surface area (Å²) >= 11 is 0. The van der Waals surface area contributed by atoms with Crippen LogP contribution in [0.15, 0.2) is 17.0 Å². The predicted octanol–water partition coefficient (Wildman–Crippen LogP) is 1.10. The van der Waals surface area contributed by atoms with E-state index in [0.717, 1.165) is 12.8 Å². The zero-order valence-electron chi connectivity index (χ0n) is 13.4. The lowest BCUT2D eigenvalue weighted by molar-refractivity contribution is 0.403. The molecule has 2 heterocycles. The van der Waals surface area contributed by atoms with Gasteiger partial charge in [0.05, 0.1) is 0 Å². The maximum Gasteiger partial charge on any atom is 0.245 e. The maximum atomic E-state index is 14.3. The van der Waals surface area contributed by atoms with E-state index in [1.54, 1.807) is 6.07 Å². The van der Waals surface area contributed by atoms with E-state index < -0.39 is 16.0 Å². The summed E-state index contributed by atoms with van der Waals surface area (Å²) in [7, 11) is -3.83. The standard InChI is InChI=1S/C15H23FN4O2S/c1-10-8-20(9-11(2)18-10)14-6-5-13(15(16)19-14)23(21,22)17-7-12-3-4-12/h5-6,10-12,17-18H,3-4,7-9H2,1-2H3/t10-,11+. The third kappa shape index (κ3) is 3.99. The van der Waals surface area contributed by atoms with Crippen molar-refractivity contribution in [2.45, 2.75) is 43.7 Å². The molecule has 2 atom stereocenters. The number of sulfonamides is 1. The molecular weight excluding hydrogens is 319 g/mol. The van der Waals surface area contributed by atoms with Gasteiger partial charge in [-0.05, 0) is 44.7 Å². The van der Waals surface area contributed by atoms with Crippen LogP contribution in [-0.4, -0.2) is 45.1 Å². The second kappa shape index (κ2) is 6.33. The summed E-state index contributed by atoms with van der Waals surface area (Å²) in [5.74, 6) is -0.0719. The summed E-state index contributed by atoms with van der Waals surface area (Å²) in [5.41, 5.74) is 0. The van der Waals surface area contributed by atoms with Crippen LogP contribution in [0.1, 0.15) is 26.7 Å². The molecule has 128 valence electrons. The Morgan fingerprint density at radius 2 is 1.96 bits per heavy atom. The Morgan fingerprint density at radius 1 is 1.30 bits per heavy atom. The van der Waals surface area contributed by atoms with Gasteiger partial charge < -0.3 is 10.2 Å². The fourth-order valence-corrected chi connectivity index (χ4v) is 4.05. The molecule has 1 aromatic heterocycles. The molecule has 2 fully saturated rings. The summed E-state index contributed by atoms with van der Waals surface area (Å²) in [6.45, 7) is 5.90. The van der Waals surface area contributed by atoms with Crippen LogP contribution in [0.4, 0.5) is 10.2 Å². The Balaban J connectivity index is 1.77. The van der Waals surface area contributed by atoms with E-state index in [-0.39, 0.29) is 17.0 Å². The topological polar surface area (TPSA) is 74.3 Å². The van der Waals surface area contributed by atoms with Crippen LogP contribution in [0.25, 0.3) is 0 Å². The molecule has 2 aliphatic rings. The third-order valence-electron chi connectivity index (χ3n) is 4.23. The summed E-state index contributed by atoms with van der Waals surface area (Å²) in [6.07, 6.45) is 2.06. The second-order valence-corrected chi connectivity index (χ2v) is 8.36. The smallest absolute Gasteiger partial charge is 0.245 e. The first-order valence-electron chi connectivity index (χ1n) is 8.02. The number of hydrogen-bond donors (Lipinski definition) is 2. The molecular formula is C15H23FN4O2S. The van der Waals surface area contributed by atoms with Gasteiger partial charge >= 0.3 is 0 Å². The lowest BCUT2D eigenvalue weighted by Crippen LogP contribution is -2.54. The molecule has 3 rings (SSSR count). The van der Waals surface area contributed by atoms with Crippen molar-refractivity contribution in [2.75, 3.05) is 24.5 Å². The number of halogens is 1.